The number of para-hydroxylation sites is 3. The number of hydrogen-bond acceptors (Lipinski definition) is 7. The maximum absolute atomic E-state index is 6.47. The summed E-state index contributed by atoms with van der Waals surface area (Å²) >= 11 is 3.52. The molecule has 11 aromatic rings. The fourth-order valence-electron chi connectivity index (χ4n) is 7.37. The molecule has 4 heterocycles. The van der Waals surface area contributed by atoms with E-state index in [-0.39, 0.29) is 0 Å². The normalized spacial score (nSPS) is 11.8. The van der Waals surface area contributed by atoms with Crippen LogP contribution in [0.1, 0.15) is 0 Å². The number of furan rings is 1. The molecule has 0 aliphatic rings. The highest BCUT2D eigenvalue weighted by atomic mass is 32.1. The molecule has 7 aromatic carbocycles. The molecule has 7 heteroatoms. The molecule has 0 fully saturated rings. The molecule has 5 nitrogen and oxygen atoms in total. The number of thiophene rings is 1. The Morgan fingerprint density at radius 1 is 0.396 bits per heavy atom. The average Bonchev–Trinajstić information content (AvgIpc) is 3.94. The van der Waals surface area contributed by atoms with E-state index in [0.29, 0.717) is 17.5 Å². The Hall–Kier alpha value is -6.54. The van der Waals surface area contributed by atoms with Gasteiger partial charge in [0.25, 0.3) is 0 Å². The molecule has 0 atom stereocenters. The lowest BCUT2D eigenvalue weighted by atomic mass is 9.96. The van der Waals surface area contributed by atoms with E-state index in [1.807, 2.05) is 66.7 Å². The number of hydrogen-bond donors (Lipinski definition) is 0. The third kappa shape index (κ3) is 4.97. The summed E-state index contributed by atoms with van der Waals surface area (Å²) in [5.74, 6) is 1.79. The summed E-state index contributed by atoms with van der Waals surface area (Å²) in [5, 5.41) is 5.43. The topological polar surface area (TPSA) is 64.7 Å². The number of benzene rings is 7. The van der Waals surface area contributed by atoms with Gasteiger partial charge in [0.15, 0.2) is 17.5 Å². The smallest absolute Gasteiger partial charge is 0.167 e. The molecular formula is C46H26N4OS2. The zero-order chi connectivity index (χ0) is 34.9. The zero-order valence-corrected chi connectivity index (χ0v) is 29.7. The van der Waals surface area contributed by atoms with Crippen LogP contribution in [0.4, 0.5) is 0 Å². The molecule has 0 unspecified atom stereocenters. The van der Waals surface area contributed by atoms with Crippen LogP contribution in [-0.4, -0.2) is 19.9 Å². The lowest BCUT2D eigenvalue weighted by Gasteiger charge is -2.11. The maximum Gasteiger partial charge on any atom is 0.167 e. The van der Waals surface area contributed by atoms with Gasteiger partial charge >= 0.3 is 0 Å². The molecule has 4 aromatic heterocycles. The summed E-state index contributed by atoms with van der Waals surface area (Å²) in [5.41, 5.74) is 8.74. The molecule has 53 heavy (non-hydrogen) atoms. The molecule has 0 aliphatic carbocycles. The predicted octanol–water partition coefficient (Wildman–Crippen LogP) is 13.1. The van der Waals surface area contributed by atoms with Crippen LogP contribution in [0.2, 0.25) is 0 Å². The molecule has 0 N–H and O–H groups in total. The maximum atomic E-state index is 6.47. The van der Waals surface area contributed by atoms with Crippen molar-refractivity contribution < 1.29 is 4.42 Å². The first-order valence-electron chi connectivity index (χ1n) is 17.4. The second-order valence-corrected chi connectivity index (χ2v) is 15.1. The van der Waals surface area contributed by atoms with Crippen LogP contribution in [0.25, 0.3) is 108 Å². The highest BCUT2D eigenvalue weighted by Gasteiger charge is 2.21. The lowest BCUT2D eigenvalue weighted by Crippen LogP contribution is -2.00. The van der Waals surface area contributed by atoms with E-state index in [0.717, 1.165) is 71.2 Å². The summed E-state index contributed by atoms with van der Waals surface area (Å²) < 4.78 is 10.0. The second-order valence-electron chi connectivity index (χ2n) is 13.0. The second kappa shape index (κ2) is 12.0. The first kappa shape index (κ1) is 30.1. The number of nitrogens with zero attached hydrogens (tertiary/aromatic N) is 4. The SMILES string of the molecule is c1ccc(-c2nc(-c3cccc4c3oc3ccccc34)nc(-c3cccc4sc5cccc(-c6cccc(-c7nc8ccccc8s7)c6)c5c34)n2)cc1. The molecule has 248 valence electrons. The van der Waals surface area contributed by atoms with E-state index in [2.05, 4.69) is 91.0 Å². The quantitative estimate of drug-likeness (QED) is 0.178. The van der Waals surface area contributed by atoms with Crippen LogP contribution in [0.5, 0.6) is 0 Å². The third-order valence-corrected chi connectivity index (χ3v) is 12.0. The third-order valence-electron chi connectivity index (χ3n) is 9.79. The van der Waals surface area contributed by atoms with Gasteiger partial charge in [0.05, 0.1) is 15.8 Å². The molecule has 0 spiro atoms. The van der Waals surface area contributed by atoms with Crippen LogP contribution < -0.4 is 0 Å². The zero-order valence-electron chi connectivity index (χ0n) is 28.0. The van der Waals surface area contributed by atoms with Crippen LogP contribution in [0.15, 0.2) is 162 Å². The van der Waals surface area contributed by atoms with Crippen molar-refractivity contribution in [2.45, 2.75) is 0 Å². The van der Waals surface area contributed by atoms with Gasteiger partial charge in [0.1, 0.15) is 16.2 Å². The number of thiazole rings is 1. The molecule has 0 saturated carbocycles. The number of rotatable bonds is 5. The number of fused-ring (bicyclic) bond motifs is 7. The van der Waals surface area contributed by atoms with Gasteiger partial charge in [-0.2, -0.15) is 0 Å². The van der Waals surface area contributed by atoms with E-state index in [4.69, 9.17) is 24.4 Å². The minimum atomic E-state index is 0.568. The monoisotopic (exact) mass is 714 g/mol. The van der Waals surface area contributed by atoms with E-state index >= 15 is 0 Å². The van der Waals surface area contributed by atoms with Crippen molar-refractivity contribution in [2.75, 3.05) is 0 Å². The summed E-state index contributed by atoms with van der Waals surface area (Å²) in [6.45, 7) is 0. The molecule has 0 radical (unpaired) electrons. The van der Waals surface area contributed by atoms with E-state index in [9.17, 15) is 0 Å². The molecule has 0 aliphatic heterocycles. The van der Waals surface area contributed by atoms with Crippen LogP contribution in [0, 0.1) is 0 Å². The molecule has 11 rings (SSSR count). The molecule has 0 bridgehead atoms. The molecule has 0 saturated heterocycles. The standard InChI is InChI=1S/C46H26N4OS2/c1-2-12-27(13-3-1)43-48-44(50-45(49-43)34-20-9-18-32-31-16-4-6-22-36(31)51-42(32)34)33-19-11-25-39-41(33)40-30(17-10-24-38(40)52-39)28-14-8-15-29(26-28)46-47-35-21-5-7-23-37(35)53-46/h1-26H. The van der Waals surface area contributed by atoms with Gasteiger partial charge in [-0.3, -0.25) is 0 Å². The van der Waals surface area contributed by atoms with Gasteiger partial charge < -0.3 is 4.42 Å². The Kier molecular flexibility index (Phi) is 6.83. The molecular weight excluding hydrogens is 689 g/mol. The Bertz CT molecular complexity index is 3160. The average molecular weight is 715 g/mol. The molecule has 0 amide bonds. The Morgan fingerprint density at radius 2 is 1.00 bits per heavy atom. The van der Waals surface area contributed by atoms with Crippen LogP contribution >= 0.6 is 22.7 Å². The summed E-state index contributed by atoms with van der Waals surface area (Å²) in [4.78, 5) is 20.5. The van der Waals surface area contributed by atoms with Crippen molar-refractivity contribution in [3.63, 3.8) is 0 Å². The summed E-state index contributed by atoms with van der Waals surface area (Å²) in [6.07, 6.45) is 0. The fourth-order valence-corrected chi connectivity index (χ4v) is 9.49. The van der Waals surface area contributed by atoms with Gasteiger partial charge in [0.2, 0.25) is 0 Å². The van der Waals surface area contributed by atoms with Crippen molar-refractivity contribution in [3.8, 4) is 55.9 Å². The van der Waals surface area contributed by atoms with E-state index in [1.165, 1.54) is 19.5 Å². The summed E-state index contributed by atoms with van der Waals surface area (Å²) in [6, 6.07) is 54.5. The van der Waals surface area contributed by atoms with E-state index < -0.39 is 0 Å². The van der Waals surface area contributed by atoms with Crippen molar-refractivity contribution in [3.05, 3.63) is 158 Å². The van der Waals surface area contributed by atoms with Gasteiger partial charge in [-0.1, -0.05) is 115 Å². The van der Waals surface area contributed by atoms with Crippen molar-refractivity contribution >= 4 is 75.0 Å². The number of aromatic nitrogens is 4. The van der Waals surface area contributed by atoms with Gasteiger partial charge in [-0.05, 0) is 53.6 Å². The minimum Gasteiger partial charge on any atom is -0.455 e. The Morgan fingerprint density at radius 3 is 1.87 bits per heavy atom. The van der Waals surface area contributed by atoms with E-state index in [1.54, 1.807) is 22.7 Å². The van der Waals surface area contributed by atoms with Gasteiger partial charge in [-0.25, -0.2) is 19.9 Å². The summed E-state index contributed by atoms with van der Waals surface area (Å²) in [7, 11) is 0. The van der Waals surface area contributed by atoms with Crippen molar-refractivity contribution in [2.24, 2.45) is 0 Å². The first-order chi connectivity index (χ1) is 26.2. The minimum absolute atomic E-state index is 0.568. The predicted molar refractivity (Wildman–Crippen MR) is 220 cm³/mol. The highest BCUT2D eigenvalue weighted by Crippen LogP contribution is 2.45. The Labute approximate surface area is 311 Å². The highest BCUT2D eigenvalue weighted by molar-refractivity contribution is 7.26. The van der Waals surface area contributed by atoms with Gasteiger partial charge in [-0.15, -0.1) is 22.7 Å². The first-order valence-corrected chi connectivity index (χ1v) is 19.0. The lowest BCUT2D eigenvalue weighted by molar-refractivity contribution is 0.669. The van der Waals surface area contributed by atoms with Crippen LogP contribution in [-0.2, 0) is 0 Å². The van der Waals surface area contributed by atoms with Gasteiger partial charge in [0, 0.05) is 47.6 Å². The fraction of sp³-hybridized carbons (Fsp3) is 0. The van der Waals surface area contributed by atoms with Crippen molar-refractivity contribution in [1.82, 2.24) is 19.9 Å². The Balaban J connectivity index is 1.14. The largest absolute Gasteiger partial charge is 0.455 e. The van der Waals surface area contributed by atoms with Crippen LogP contribution in [0.3, 0.4) is 0 Å². The van der Waals surface area contributed by atoms with Crippen molar-refractivity contribution in [1.29, 1.82) is 0 Å².